The lowest BCUT2D eigenvalue weighted by molar-refractivity contribution is 0.429. The molecule has 1 aliphatic heterocycles. The number of sulfonamides is 1. The van der Waals surface area contributed by atoms with Gasteiger partial charge in [-0.15, -0.1) is 11.6 Å². The summed E-state index contributed by atoms with van der Waals surface area (Å²) in [6.45, 7) is 0.683. The Morgan fingerprint density at radius 3 is 2.70 bits per heavy atom. The SMILES string of the molecule is O=S(=O)(c1ccc(F)c(CCl)c1F)N1CCCSCC1. The number of benzene rings is 1. The number of halogens is 3. The molecule has 1 aliphatic rings. The highest BCUT2D eigenvalue weighted by atomic mass is 35.5. The molecule has 0 bridgehead atoms. The summed E-state index contributed by atoms with van der Waals surface area (Å²) in [6.07, 6.45) is 0.717. The fourth-order valence-electron chi connectivity index (χ4n) is 2.00. The minimum Gasteiger partial charge on any atom is -0.207 e. The molecule has 0 amide bonds. The maximum Gasteiger partial charge on any atom is 0.246 e. The van der Waals surface area contributed by atoms with Crippen molar-refractivity contribution in [1.82, 2.24) is 4.31 Å². The van der Waals surface area contributed by atoms with Crippen molar-refractivity contribution < 1.29 is 17.2 Å². The number of alkyl halides is 1. The van der Waals surface area contributed by atoms with Gasteiger partial charge in [-0.05, 0) is 24.3 Å². The van der Waals surface area contributed by atoms with Gasteiger partial charge in [0.05, 0.1) is 5.88 Å². The molecule has 112 valence electrons. The summed E-state index contributed by atoms with van der Waals surface area (Å²) in [5, 5.41) is 0. The van der Waals surface area contributed by atoms with Crippen LogP contribution in [0.2, 0.25) is 0 Å². The second-order valence-electron chi connectivity index (χ2n) is 4.34. The van der Waals surface area contributed by atoms with E-state index in [-0.39, 0.29) is 0 Å². The van der Waals surface area contributed by atoms with Crippen molar-refractivity contribution in [1.29, 1.82) is 0 Å². The summed E-state index contributed by atoms with van der Waals surface area (Å²) in [5.41, 5.74) is -0.406. The average Bonchev–Trinajstić information content (AvgIpc) is 2.68. The monoisotopic (exact) mass is 341 g/mol. The van der Waals surface area contributed by atoms with Crippen LogP contribution < -0.4 is 0 Å². The van der Waals surface area contributed by atoms with Gasteiger partial charge < -0.3 is 0 Å². The zero-order chi connectivity index (χ0) is 14.8. The van der Waals surface area contributed by atoms with Crippen LogP contribution in [0, 0.1) is 11.6 Å². The lowest BCUT2D eigenvalue weighted by atomic mass is 10.2. The van der Waals surface area contributed by atoms with Crippen LogP contribution in [-0.4, -0.2) is 37.3 Å². The summed E-state index contributed by atoms with van der Waals surface area (Å²) < 4.78 is 53.7. The van der Waals surface area contributed by atoms with Crippen LogP contribution in [0.4, 0.5) is 8.78 Å². The molecule has 0 atom stereocenters. The van der Waals surface area contributed by atoms with E-state index in [0.29, 0.717) is 18.8 Å². The molecule has 1 aromatic rings. The Morgan fingerprint density at radius 2 is 2.00 bits per heavy atom. The van der Waals surface area contributed by atoms with Gasteiger partial charge in [0.15, 0.2) is 5.82 Å². The van der Waals surface area contributed by atoms with Gasteiger partial charge in [0.2, 0.25) is 10.0 Å². The predicted molar refractivity (Wildman–Crippen MR) is 76.6 cm³/mol. The third kappa shape index (κ3) is 3.10. The topological polar surface area (TPSA) is 37.4 Å². The van der Waals surface area contributed by atoms with Gasteiger partial charge >= 0.3 is 0 Å². The van der Waals surface area contributed by atoms with E-state index in [2.05, 4.69) is 0 Å². The van der Waals surface area contributed by atoms with Crippen LogP contribution in [-0.2, 0) is 15.9 Å². The molecule has 2 rings (SSSR count). The number of nitrogens with zero attached hydrogens (tertiary/aromatic N) is 1. The minimum absolute atomic E-state index is 0.333. The van der Waals surface area contributed by atoms with Crippen molar-refractivity contribution in [2.24, 2.45) is 0 Å². The number of thioether (sulfide) groups is 1. The molecular weight excluding hydrogens is 328 g/mol. The third-order valence-electron chi connectivity index (χ3n) is 3.08. The lowest BCUT2D eigenvalue weighted by Crippen LogP contribution is -2.33. The highest BCUT2D eigenvalue weighted by Crippen LogP contribution is 2.26. The van der Waals surface area contributed by atoms with Crippen molar-refractivity contribution in [3.05, 3.63) is 29.3 Å². The first kappa shape index (κ1) is 16.0. The fraction of sp³-hybridized carbons (Fsp3) is 0.500. The number of hydrogen-bond acceptors (Lipinski definition) is 3. The van der Waals surface area contributed by atoms with Crippen molar-refractivity contribution >= 4 is 33.4 Å². The van der Waals surface area contributed by atoms with Gasteiger partial charge in [0.25, 0.3) is 0 Å². The number of rotatable bonds is 3. The van der Waals surface area contributed by atoms with Crippen LogP contribution in [0.15, 0.2) is 17.0 Å². The van der Waals surface area contributed by atoms with Gasteiger partial charge in [-0.25, -0.2) is 17.2 Å². The van der Waals surface area contributed by atoms with E-state index in [1.54, 1.807) is 11.8 Å². The zero-order valence-corrected chi connectivity index (χ0v) is 13.0. The van der Waals surface area contributed by atoms with E-state index in [4.69, 9.17) is 11.6 Å². The Bertz CT molecular complexity index is 587. The van der Waals surface area contributed by atoms with E-state index >= 15 is 0 Å². The molecule has 3 nitrogen and oxygen atoms in total. The van der Waals surface area contributed by atoms with E-state index in [1.807, 2.05) is 0 Å². The summed E-state index contributed by atoms with van der Waals surface area (Å²) in [6, 6.07) is 1.91. The van der Waals surface area contributed by atoms with Crippen LogP contribution in [0.5, 0.6) is 0 Å². The minimum atomic E-state index is -3.95. The summed E-state index contributed by atoms with van der Waals surface area (Å²) in [7, 11) is -3.95. The highest BCUT2D eigenvalue weighted by Gasteiger charge is 2.29. The van der Waals surface area contributed by atoms with Crippen molar-refractivity contribution in [3.63, 3.8) is 0 Å². The molecule has 0 unspecified atom stereocenters. The van der Waals surface area contributed by atoms with Crippen LogP contribution in [0.1, 0.15) is 12.0 Å². The molecular formula is C12H14ClF2NO2S2. The molecule has 8 heteroatoms. The van der Waals surface area contributed by atoms with E-state index in [9.17, 15) is 17.2 Å². The first-order valence-corrected chi connectivity index (χ1v) is 9.22. The van der Waals surface area contributed by atoms with Gasteiger partial charge in [0.1, 0.15) is 10.7 Å². The summed E-state index contributed by atoms with van der Waals surface area (Å²) in [5.74, 6) is -0.772. The average molecular weight is 342 g/mol. The molecule has 1 heterocycles. The third-order valence-corrected chi connectivity index (χ3v) is 6.32. The van der Waals surface area contributed by atoms with Gasteiger partial charge in [-0.1, -0.05) is 0 Å². The molecule has 0 radical (unpaired) electrons. The Kier molecular flexibility index (Phi) is 5.28. The highest BCUT2D eigenvalue weighted by molar-refractivity contribution is 7.99. The van der Waals surface area contributed by atoms with Crippen LogP contribution in [0.25, 0.3) is 0 Å². The van der Waals surface area contributed by atoms with Gasteiger partial charge in [0, 0.05) is 24.4 Å². The Labute approximate surface area is 126 Å². The summed E-state index contributed by atoms with van der Waals surface area (Å²) >= 11 is 7.14. The maximum absolute atomic E-state index is 14.2. The molecule has 0 aromatic heterocycles. The smallest absolute Gasteiger partial charge is 0.207 e. The summed E-state index contributed by atoms with van der Waals surface area (Å²) in [4.78, 5) is -0.499. The van der Waals surface area contributed by atoms with Crippen molar-refractivity contribution in [3.8, 4) is 0 Å². The Balaban J connectivity index is 2.43. The van der Waals surface area contributed by atoms with Gasteiger partial charge in [-0.3, -0.25) is 0 Å². The van der Waals surface area contributed by atoms with Crippen LogP contribution in [0.3, 0.4) is 0 Å². The largest absolute Gasteiger partial charge is 0.246 e. The lowest BCUT2D eigenvalue weighted by Gasteiger charge is -2.20. The Morgan fingerprint density at radius 1 is 1.25 bits per heavy atom. The fourth-order valence-corrected chi connectivity index (χ4v) is 4.82. The number of hydrogen-bond donors (Lipinski definition) is 0. The van der Waals surface area contributed by atoms with E-state index in [0.717, 1.165) is 24.3 Å². The maximum atomic E-state index is 14.2. The predicted octanol–water partition coefficient (Wildman–Crippen LogP) is 2.83. The first-order chi connectivity index (χ1) is 9.48. The normalized spacial score (nSPS) is 17.9. The van der Waals surface area contributed by atoms with Crippen molar-refractivity contribution in [2.75, 3.05) is 24.6 Å². The standard InChI is InChI=1S/C12H14ClF2NO2S2/c13-8-9-10(14)2-3-11(12(9)15)20(17,18)16-4-1-6-19-7-5-16/h2-3H,1,4-8H2. The second kappa shape index (κ2) is 6.60. The quantitative estimate of drug-likeness (QED) is 0.793. The molecule has 1 fully saturated rings. The first-order valence-electron chi connectivity index (χ1n) is 6.09. The molecule has 1 saturated heterocycles. The van der Waals surface area contributed by atoms with Gasteiger partial charge in [-0.2, -0.15) is 16.1 Å². The molecule has 20 heavy (non-hydrogen) atoms. The molecule has 0 aliphatic carbocycles. The Hall–Kier alpha value is -0.370. The molecule has 0 spiro atoms. The van der Waals surface area contributed by atoms with E-state index in [1.165, 1.54) is 4.31 Å². The second-order valence-corrected chi connectivity index (χ2v) is 7.74. The van der Waals surface area contributed by atoms with Crippen LogP contribution >= 0.6 is 23.4 Å². The molecule has 1 aromatic carbocycles. The zero-order valence-electron chi connectivity index (χ0n) is 10.6. The van der Waals surface area contributed by atoms with Crippen molar-refractivity contribution in [2.45, 2.75) is 17.2 Å². The van der Waals surface area contributed by atoms with E-state index < -0.39 is 38.0 Å². The molecule has 0 N–H and O–H groups in total. The molecule has 0 saturated carbocycles.